The van der Waals surface area contributed by atoms with Crippen molar-refractivity contribution in [2.75, 3.05) is 5.32 Å². The molecule has 0 heterocycles. The smallest absolute Gasteiger partial charge is 0.266 e. The fourth-order valence-corrected chi connectivity index (χ4v) is 1.61. The standard InChI is InChI=1S/C16H12N2O2/c17-11-13(10-12-6-8-15(19)9-7-12)16(20)18-14-4-2-1-3-5-14/h1-10,19H,(H,18,20)/b13-10+. The summed E-state index contributed by atoms with van der Waals surface area (Å²) in [4.78, 5) is 12.0. The predicted octanol–water partition coefficient (Wildman–Crippen LogP) is 2.94. The predicted molar refractivity (Wildman–Crippen MR) is 76.8 cm³/mol. The van der Waals surface area contributed by atoms with Crippen molar-refractivity contribution in [1.29, 1.82) is 5.26 Å². The van der Waals surface area contributed by atoms with Gasteiger partial charge in [0.25, 0.3) is 5.91 Å². The first-order valence-electron chi connectivity index (χ1n) is 5.96. The van der Waals surface area contributed by atoms with Crippen LogP contribution in [0.25, 0.3) is 6.08 Å². The zero-order valence-electron chi connectivity index (χ0n) is 10.6. The third kappa shape index (κ3) is 3.47. The molecular formula is C16H12N2O2. The van der Waals surface area contributed by atoms with Crippen LogP contribution >= 0.6 is 0 Å². The van der Waals surface area contributed by atoms with Crippen LogP contribution < -0.4 is 5.32 Å². The van der Waals surface area contributed by atoms with Crippen LogP contribution in [0.4, 0.5) is 5.69 Å². The Bertz CT molecular complexity index is 668. The molecule has 0 spiro atoms. The number of nitrogens with one attached hydrogen (secondary N) is 1. The summed E-state index contributed by atoms with van der Waals surface area (Å²) < 4.78 is 0. The van der Waals surface area contributed by atoms with Crippen LogP contribution in [0, 0.1) is 11.3 Å². The van der Waals surface area contributed by atoms with E-state index in [9.17, 15) is 9.90 Å². The number of aromatic hydroxyl groups is 1. The first-order valence-corrected chi connectivity index (χ1v) is 5.96. The van der Waals surface area contributed by atoms with Gasteiger partial charge >= 0.3 is 0 Å². The first kappa shape index (κ1) is 13.4. The third-order valence-corrected chi connectivity index (χ3v) is 2.60. The number of carbonyl (C=O) groups excluding carboxylic acids is 1. The molecule has 0 aliphatic carbocycles. The highest BCUT2D eigenvalue weighted by Crippen LogP contribution is 2.14. The van der Waals surface area contributed by atoms with Crippen molar-refractivity contribution in [3.8, 4) is 11.8 Å². The fourth-order valence-electron chi connectivity index (χ4n) is 1.61. The summed E-state index contributed by atoms with van der Waals surface area (Å²) in [5.41, 5.74) is 1.30. The van der Waals surface area contributed by atoms with Crippen molar-refractivity contribution in [2.24, 2.45) is 0 Å². The number of para-hydroxylation sites is 1. The second-order valence-corrected chi connectivity index (χ2v) is 4.08. The van der Waals surface area contributed by atoms with Gasteiger partial charge in [-0.1, -0.05) is 30.3 Å². The zero-order chi connectivity index (χ0) is 14.4. The van der Waals surface area contributed by atoms with E-state index < -0.39 is 5.91 Å². The summed E-state index contributed by atoms with van der Waals surface area (Å²) >= 11 is 0. The minimum absolute atomic E-state index is 0.000423. The number of hydrogen-bond donors (Lipinski definition) is 2. The largest absolute Gasteiger partial charge is 0.508 e. The van der Waals surface area contributed by atoms with Gasteiger partial charge in [0.2, 0.25) is 0 Å². The molecule has 0 fully saturated rings. The molecule has 0 atom stereocenters. The van der Waals surface area contributed by atoms with Crippen molar-refractivity contribution in [3.63, 3.8) is 0 Å². The van der Waals surface area contributed by atoms with Crippen molar-refractivity contribution in [3.05, 3.63) is 65.7 Å². The SMILES string of the molecule is N#C/C(=C\c1ccc(O)cc1)C(=O)Nc1ccccc1. The van der Waals surface area contributed by atoms with E-state index in [0.29, 0.717) is 11.3 Å². The number of anilines is 1. The molecule has 0 aromatic heterocycles. The Balaban J connectivity index is 2.18. The van der Waals surface area contributed by atoms with Crippen molar-refractivity contribution < 1.29 is 9.90 Å². The minimum Gasteiger partial charge on any atom is -0.508 e. The maximum atomic E-state index is 12.0. The highest BCUT2D eigenvalue weighted by Gasteiger charge is 2.09. The molecule has 2 aromatic rings. The highest BCUT2D eigenvalue weighted by molar-refractivity contribution is 6.09. The number of phenolic OH excluding ortho intramolecular Hbond substituents is 1. The summed E-state index contributed by atoms with van der Waals surface area (Å²) in [6.07, 6.45) is 1.47. The summed E-state index contributed by atoms with van der Waals surface area (Å²) in [5.74, 6) is -0.332. The number of amides is 1. The lowest BCUT2D eigenvalue weighted by atomic mass is 10.1. The second-order valence-electron chi connectivity index (χ2n) is 4.08. The van der Waals surface area contributed by atoms with Gasteiger partial charge in [0, 0.05) is 5.69 Å². The van der Waals surface area contributed by atoms with Crippen molar-refractivity contribution >= 4 is 17.7 Å². The molecule has 2 rings (SSSR count). The molecule has 20 heavy (non-hydrogen) atoms. The highest BCUT2D eigenvalue weighted by atomic mass is 16.3. The molecule has 98 valence electrons. The molecule has 0 aliphatic heterocycles. The molecule has 1 amide bonds. The van der Waals surface area contributed by atoms with E-state index in [4.69, 9.17) is 5.26 Å². The van der Waals surface area contributed by atoms with E-state index >= 15 is 0 Å². The van der Waals surface area contributed by atoms with E-state index in [1.54, 1.807) is 36.4 Å². The Labute approximate surface area is 116 Å². The average molecular weight is 264 g/mol. The van der Waals surface area contributed by atoms with Gasteiger partial charge in [-0.2, -0.15) is 5.26 Å². The normalized spacial score (nSPS) is 10.7. The van der Waals surface area contributed by atoms with Crippen LogP contribution in [0.15, 0.2) is 60.2 Å². The summed E-state index contributed by atoms with van der Waals surface area (Å²) in [5, 5.41) is 20.9. The molecular weight excluding hydrogens is 252 g/mol. The van der Waals surface area contributed by atoms with Gasteiger partial charge in [-0.3, -0.25) is 4.79 Å². The molecule has 0 saturated carbocycles. The van der Waals surface area contributed by atoms with Crippen LogP contribution in [0.5, 0.6) is 5.75 Å². The summed E-state index contributed by atoms with van der Waals surface area (Å²) in [6.45, 7) is 0. The second kappa shape index (κ2) is 6.21. The summed E-state index contributed by atoms with van der Waals surface area (Å²) in [6, 6.07) is 17.0. The quantitative estimate of drug-likeness (QED) is 0.661. The van der Waals surface area contributed by atoms with Gasteiger partial charge in [-0.05, 0) is 35.9 Å². The Morgan fingerprint density at radius 1 is 1.10 bits per heavy atom. The maximum absolute atomic E-state index is 12.0. The number of rotatable bonds is 3. The van der Waals surface area contributed by atoms with Gasteiger partial charge < -0.3 is 10.4 Å². The average Bonchev–Trinajstić information content (AvgIpc) is 2.47. The fraction of sp³-hybridized carbons (Fsp3) is 0. The Hall–Kier alpha value is -3.06. The van der Waals surface area contributed by atoms with Gasteiger partial charge in [0.1, 0.15) is 17.4 Å². The van der Waals surface area contributed by atoms with E-state index in [0.717, 1.165) is 0 Å². The lowest BCUT2D eigenvalue weighted by Crippen LogP contribution is -2.13. The van der Waals surface area contributed by atoms with Gasteiger partial charge in [0.15, 0.2) is 0 Å². The summed E-state index contributed by atoms with van der Waals surface area (Å²) in [7, 11) is 0. The first-order chi connectivity index (χ1) is 9.69. The lowest BCUT2D eigenvalue weighted by molar-refractivity contribution is -0.112. The van der Waals surface area contributed by atoms with Crippen LogP contribution in [-0.2, 0) is 4.79 Å². The van der Waals surface area contributed by atoms with Gasteiger partial charge in [-0.15, -0.1) is 0 Å². The Kier molecular flexibility index (Phi) is 4.15. The van der Waals surface area contributed by atoms with Crippen LogP contribution in [0.3, 0.4) is 0 Å². The van der Waals surface area contributed by atoms with Crippen molar-refractivity contribution in [2.45, 2.75) is 0 Å². The van der Waals surface area contributed by atoms with Crippen LogP contribution in [0.2, 0.25) is 0 Å². The van der Waals surface area contributed by atoms with E-state index in [2.05, 4.69) is 5.32 Å². The number of benzene rings is 2. The number of nitriles is 1. The molecule has 4 nitrogen and oxygen atoms in total. The monoisotopic (exact) mass is 264 g/mol. The van der Waals surface area contributed by atoms with Gasteiger partial charge in [0.05, 0.1) is 0 Å². The van der Waals surface area contributed by atoms with E-state index in [1.165, 1.54) is 18.2 Å². The molecule has 0 saturated heterocycles. The van der Waals surface area contributed by atoms with Crippen LogP contribution in [-0.4, -0.2) is 11.0 Å². The minimum atomic E-state index is -0.466. The number of nitrogens with zero attached hydrogens (tertiary/aromatic N) is 1. The van der Waals surface area contributed by atoms with E-state index in [-0.39, 0.29) is 11.3 Å². The molecule has 0 radical (unpaired) electrons. The Morgan fingerprint density at radius 2 is 1.75 bits per heavy atom. The topological polar surface area (TPSA) is 73.1 Å². The number of phenols is 1. The Morgan fingerprint density at radius 3 is 2.35 bits per heavy atom. The molecule has 2 N–H and O–H groups in total. The number of carbonyl (C=O) groups is 1. The van der Waals surface area contributed by atoms with Crippen molar-refractivity contribution in [1.82, 2.24) is 0 Å². The molecule has 2 aromatic carbocycles. The van der Waals surface area contributed by atoms with Crippen LogP contribution in [0.1, 0.15) is 5.56 Å². The third-order valence-electron chi connectivity index (χ3n) is 2.60. The molecule has 0 aliphatic rings. The zero-order valence-corrected chi connectivity index (χ0v) is 10.6. The lowest BCUT2D eigenvalue weighted by Gasteiger charge is -2.03. The van der Waals surface area contributed by atoms with Gasteiger partial charge in [-0.25, -0.2) is 0 Å². The number of hydrogen-bond acceptors (Lipinski definition) is 3. The molecule has 4 heteroatoms. The van der Waals surface area contributed by atoms with E-state index in [1.807, 2.05) is 12.1 Å². The molecule has 0 bridgehead atoms. The maximum Gasteiger partial charge on any atom is 0.266 e. The molecule has 0 unspecified atom stereocenters.